The van der Waals surface area contributed by atoms with E-state index in [4.69, 9.17) is 5.84 Å². The van der Waals surface area contributed by atoms with E-state index in [1.807, 2.05) is 0 Å². The van der Waals surface area contributed by atoms with Crippen molar-refractivity contribution < 1.29 is 0 Å². The van der Waals surface area contributed by atoms with Crippen LogP contribution < -0.4 is 11.3 Å². The van der Waals surface area contributed by atoms with Crippen LogP contribution in [0.5, 0.6) is 0 Å². The first-order chi connectivity index (χ1) is 9.26. The molecule has 4 bridgehead atoms. The highest BCUT2D eigenvalue weighted by atomic mass is 15.2. The van der Waals surface area contributed by atoms with Crippen molar-refractivity contribution in [3.63, 3.8) is 0 Å². The van der Waals surface area contributed by atoms with E-state index in [0.717, 1.165) is 12.3 Å². The Balaban J connectivity index is 1.80. The molecule has 2 heteroatoms. The van der Waals surface area contributed by atoms with E-state index >= 15 is 0 Å². The Morgan fingerprint density at radius 2 is 1.80 bits per heavy atom. The molecule has 20 heavy (non-hydrogen) atoms. The van der Waals surface area contributed by atoms with Gasteiger partial charge in [0, 0.05) is 6.04 Å². The minimum atomic E-state index is 0.413. The molecule has 2 nitrogen and oxygen atoms in total. The highest BCUT2D eigenvalue weighted by Crippen LogP contribution is 2.70. The van der Waals surface area contributed by atoms with Crippen LogP contribution in [0.25, 0.3) is 0 Å². The number of hydrogen-bond donors (Lipinski definition) is 2. The SMILES string of the molecule is C=C(C)CC(CC12CC3CC(C)(CC(C)(C3)C1)C2)NN. The zero-order chi connectivity index (χ0) is 14.6. The molecule has 0 radical (unpaired) electrons. The summed E-state index contributed by atoms with van der Waals surface area (Å²) in [6.07, 6.45) is 11.0. The van der Waals surface area contributed by atoms with Gasteiger partial charge in [0.25, 0.3) is 0 Å². The third kappa shape index (κ3) is 2.57. The van der Waals surface area contributed by atoms with Crippen LogP contribution in [0.3, 0.4) is 0 Å². The molecule has 4 aliphatic rings. The molecule has 0 aliphatic heterocycles. The van der Waals surface area contributed by atoms with E-state index in [-0.39, 0.29) is 0 Å². The molecule has 4 aliphatic carbocycles. The second-order valence-electron chi connectivity index (χ2n) is 9.36. The van der Waals surface area contributed by atoms with Crippen molar-refractivity contribution in [1.29, 1.82) is 0 Å². The van der Waals surface area contributed by atoms with E-state index in [0.29, 0.717) is 22.3 Å². The molecule has 4 rings (SSSR count). The topological polar surface area (TPSA) is 38.0 Å². The lowest BCUT2D eigenvalue weighted by Crippen LogP contribution is -2.56. The molecule has 0 heterocycles. The van der Waals surface area contributed by atoms with Crippen LogP contribution in [0.2, 0.25) is 0 Å². The standard InChI is InChI=1S/C18H32N2/c1-13(2)5-15(20-19)9-18-8-14-6-16(3,11-18)10-17(4,7-14)12-18/h14-15,20H,1,5-12,19H2,2-4H3. The molecule has 0 saturated heterocycles. The van der Waals surface area contributed by atoms with Gasteiger partial charge in [-0.2, -0.15) is 0 Å². The summed E-state index contributed by atoms with van der Waals surface area (Å²) in [5.74, 6) is 6.80. The van der Waals surface area contributed by atoms with Gasteiger partial charge in [0.05, 0.1) is 0 Å². The number of hydrogen-bond acceptors (Lipinski definition) is 2. The van der Waals surface area contributed by atoms with Gasteiger partial charge in [-0.3, -0.25) is 11.3 Å². The molecule has 114 valence electrons. The molecule has 3 unspecified atom stereocenters. The number of hydrazine groups is 1. The average molecular weight is 276 g/mol. The Bertz CT molecular complexity index is 396. The first-order valence-corrected chi connectivity index (χ1v) is 8.36. The van der Waals surface area contributed by atoms with Crippen molar-refractivity contribution in [3.8, 4) is 0 Å². The van der Waals surface area contributed by atoms with E-state index < -0.39 is 0 Å². The predicted octanol–water partition coefficient (Wildman–Crippen LogP) is 4.17. The van der Waals surface area contributed by atoms with E-state index in [1.165, 1.54) is 50.5 Å². The van der Waals surface area contributed by atoms with Gasteiger partial charge in [0.15, 0.2) is 0 Å². The summed E-state index contributed by atoms with van der Waals surface area (Å²) in [5.41, 5.74) is 6.08. The summed E-state index contributed by atoms with van der Waals surface area (Å²) in [5, 5.41) is 0. The summed E-state index contributed by atoms with van der Waals surface area (Å²) in [7, 11) is 0. The lowest BCUT2D eigenvalue weighted by Gasteiger charge is -2.66. The highest BCUT2D eigenvalue weighted by Gasteiger charge is 2.59. The van der Waals surface area contributed by atoms with Crippen LogP contribution in [0.15, 0.2) is 12.2 Å². The van der Waals surface area contributed by atoms with Gasteiger partial charge in [-0.25, -0.2) is 0 Å². The molecule has 0 spiro atoms. The second kappa shape index (κ2) is 4.58. The molecule has 4 fully saturated rings. The maximum atomic E-state index is 5.83. The van der Waals surface area contributed by atoms with Crippen LogP contribution in [-0.2, 0) is 0 Å². The molecule has 3 N–H and O–H groups in total. The fraction of sp³-hybridized carbons (Fsp3) is 0.889. The van der Waals surface area contributed by atoms with Gasteiger partial charge >= 0.3 is 0 Å². The lowest BCUT2D eigenvalue weighted by atomic mass is 9.39. The minimum absolute atomic E-state index is 0.413. The number of nitrogens with two attached hydrogens (primary N) is 1. The third-order valence-electron chi connectivity index (χ3n) is 6.25. The molecule has 0 aromatic carbocycles. The number of rotatable bonds is 5. The molecule has 0 aromatic rings. The summed E-state index contributed by atoms with van der Waals surface area (Å²) >= 11 is 0. The van der Waals surface area contributed by atoms with Crippen LogP contribution >= 0.6 is 0 Å². The zero-order valence-electron chi connectivity index (χ0n) is 13.6. The molecule has 0 aromatic heterocycles. The van der Waals surface area contributed by atoms with Crippen LogP contribution in [0, 0.1) is 22.2 Å². The van der Waals surface area contributed by atoms with Crippen molar-refractivity contribution in [2.45, 2.75) is 78.2 Å². The largest absolute Gasteiger partial charge is 0.271 e. The Kier molecular flexibility index (Phi) is 3.34. The predicted molar refractivity (Wildman–Crippen MR) is 85.0 cm³/mol. The second-order valence-corrected chi connectivity index (χ2v) is 9.36. The summed E-state index contributed by atoms with van der Waals surface area (Å²) in [6, 6.07) is 0.413. The fourth-order valence-corrected chi connectivity index (χ4v) is 7.05. The van der Waals surface area contributed by atoms with E-state index in [9.17, 15) is 0 Å². The van der Waals surface area contributed by atoms with Gasteiger partial charge in [-0.05, 0) is 80.5 Å². The van der Waals surface area contributed by atoms with Crippen molar-refractivity contribution in [1.82, 2.24) is 5.43 Å². The normalized spacial score (nSPS) is 47.5. The summed E-state index contributed by atoms with van der Waals surface area (Å²) < 4.78 is 0. The molecule has 4 saturated carbocycles. The summed E-state index contributed by atoms with van der Waals surface area (Å²) in [4.78, 5) is 0. The first kappa shape index (κ1) is 14.6. The van der Waals surface area contributed by atoms with Gasteiger partial charge in [0.2, 0.25) is 0 Å². The Morgan fingerprint density at radius 3 is 2.25 bits per heavy atom. The van der Waals surface area contributed by atoms with E-state index in [1.54, 1.807) is 0 Å². The van der Waals surface area contributed by atoms with Gasteiger partial charge in [-0.1, -0.05) is 19.4 Å². The van der Waals surface area contributed by atoms with Crippen LogP contribution in [0.4, 0.5) is 0 Å². The Hall–Kier alpha value is -0.340. The minimum Gasteiger partial charge on any atom is -0.271 e. The van der Waals surface area contributed by atoms with Crippen LogP contribution in [0.1, 0.15) is 72.1 Å². The van der Waals surface area contributed by atoms with Gasteiger partial charge < -0.3 is 0 Å². The van der Waals surface area contributed by atoms with Gasteiger partial charge in [-0.15, -0.1) is 6.58 Å². The molecular weight excluding hydrogens is 244 g/mol. The van der Waals surface area contributed by atoms with Crippen LogP contribution in [-0.4, -0.2) is 6.04 Å². The Labute approximate surface area is 124 Å². The fourth-order valence-electron chi connectivity index (χ4n) is 7.05. The quantitative estimate of drug-likeness (QED) is 0.449. The highest BCUT2D eigenvalue weighted by molar-refractivity contribution is 5.11. The van der Waals surface area contributed by atoms with E-state index in [2.05, 4.69) is 32.8 Å². The smallest absolute Gasteiger partial charge is 0.0252 e. The summed E-state index contributed by atoms with van der Waals surface area (Å²) in [6.45, 7) is 11.3. The van der Waals surface area contributed by atoms with Crippen molar-refractivity contribution >= 4 is 0 Å². The van der Waals surface area contributed by atoms with Crippen molar-refractivity contribution in [2.75, 3.05) is 0 Å². The third-order valence-corrected chi connectivity index (χ3v) is 6.25. The number of nitrogens with one attached hydrogen (secondary N) is 1. The van der Waals surface area contributed by atoms with Crippen molar-refractivity contribution in [2.24, 2.45) is 28.0 Å². The Morgan fingerprint density at radius 1 is 1.20 bits per heavy atom. The molecule has 0 amide bonds. The lowest BCUT2D eigenvalue weighted by molar-refractivity contribution is -0.150. The average Bonchev–Trinajstić information content (AvgIpc) is 2.21. The first-order valence-electron chi connectivity index (χ1n) is 8.36. The maximum absolute atomic E-state index is 5.83. The zero-order valence-corrected chi connectivity index (χ0v) is 13.6. The monoisotopic (exact) mass is 276 g/mol. The van der Waals surface area contributed by atoms with Gasteiger partial charge in [0.1, 0.15) is 0 Å². The van der Waals surface area contributed by atoms with Crippen molar-refractivity contribution in [3.05, 3.63) is 12.2 Å². The molecular formula is C18H32N2. The maximum Gasteiger partial charge on any atom is 0.0252 e. The molecule has 3 atom stereocenters.